The normalized spacial score (nSPS) is 12.0. The lowest BCUT2D eigenvalue weighted by atomic mass is 10.1. The van der Waals surface area contributed by atoms with Crippen LogP contribution in [0.25, 0.3) is 0 Å². The molecule has 118 valence electrons. The van der Waals surface area contributed by atoms with Crippen LogP contribution in [0.15, 0.2) is 0 Å². The Kier molecular flexibility index (Phi) is 7.14. The second-order valence-electron chi connectivity index (χ2n) is 5.05. The molecule has 2 amide bonds. The van der Waals surface area contributed by atoms with Crippen molar-refractivity contribution in [2.24, 2.45) is 0 Å². The Morgan fingerprint density at radius 1 is 1.38 bits per heavy atom. The zero-order valence-electron chi connectivity index (χ0n) is 12.7. The summed E-state index contributed by atoms with van der Waals surface area (Å²) in [7, 11) is 0. The first-order chi connectivity index (χ1) is 9.93. The molecule has 0 radical (unpaired) electrons. The van der Waals surface area contributed by atoms with E-state index in [9.17, 15) is 9.59 Å². The van der Waals surface area contributed by atoms with Crippen molar-refractivity contribution < 1.29 is 14.7 Å². The van der Waals surface area contributed by atoms with Gasteiger partial charge in [-0.2, -0.15) is 0 Å². The summed E-state index contributed by atoms with van der Waals surface area (Å²) in [6.07, 6.45) is 4.39. The number of carboxylic acids is 1. The molecule has 0 fully saturated rings. The number of hydrogen-bond acceptors (Lipinski definition) is 4. The van der Waals surface area contributed by atoms with Gasteiger partial charge in [-0.05, 0) is 20.3 Å². The SMILES string of the molecule is CCCCCC(C)NC(=O)NCc1nc(C)c(C(=O)O)s1. The predicted molar refractivity (Wildman–Crippen MR) is 82.8 cm³/mol. The summed E-state index contributed by atoms with van der Waals surface area (Å²) in [5, 5.41) is 15.1. The van der Waals surface area contributed by atoms with Crippen molar-refractivity contribution in [3.63, 3.8) is 0 Å². The number of hydrogen-bond donors (Lipinski definition) is 3. The topological polar surface area (TPSA) is 91.3 Å². The molecule has 0 aliphatic rings. The van der Waals surface area contributed by atoms with Crippen LogP contribution in [-0.2, 0) is 6.54 Å². The highest BCUT2D eigenvalue weighted by atomic mass is 32.1. The molecule has 3 N–H and O–H groups in total. The Balaban J connectivity index is 2.36. The molecule has 0 aromatic carbocycles. The standard InChI is InChI=1S/C14H23N3O3S/c1-4-5-6-7-9(2)16-14(20)15-8-11-17-10(3)12(21-11)13(18)19/h9H,4-8H2,1-3H3,(H,18,19)(H2,15,16,20). The molecule has 0 bridgehead atoms. The molecule has 1 unspecified atom stereocenters. The largest absolute Gasteiger partial charge is 0.477 e. The van der Waals surface area contributed by atoms with E-state index >= 15 is 0 Å². The van der Waals surface area contributed by atoms with Crippen molar-refractivity contribution in [3.05, 3.63) is 15.6 Å². The number of urea groups is 1. The number of thiazole rings is 1. The minimum atomic E-state index is -0.981. The fraction of sp³-hybridized carbons (Fsp3) is 0.643. The molecule has 0 saturated heterocycles. The quantitative estimate of drug-likeness (QED) is 0.643. The number of carbonyl (C=O) groups is 2. The third kappa shape index (κ3) is 6.12. The van der Waals surface area contributed by atoms with Gasteiger partial charge < -0.3 is 15.7 Å². The molecule has 6 nitrogen and oxygen atoms in total. The van der Waals surface area contributed by atoms with Crippen molar-refractivity contribution in [2.45, 2.75) is 59.0 Å². The van der Waals surface area contributed by atoms with Gasteiger partial charge in [-0.25, -0.2) is 14.6 Å². The molecule has 1 heterocycles. The Morgan fingerprint density at radius 3 is 2.67 bits per heavy atom. The highest BCUT2D eigenvalue weighted by molar-refractivity contribution is 7.13. The van der Waals surface area contributed by atoms with E-state index in [-0.39, 0.29) is 23.5 Å². The summed E-state index contributed by atoms with van der Waals surface area (Å²) in [6, 6.07) is -0.118. The third-order valence-corrected chi connectivity index (χ3v) is 4.20. The van der Waals surface area contributed by atoms with Crippen LogP contribution < -0.4 is 10.6 Å². The number of aryl methyl sites for hydroxylation is 1. The molecular formula is C14H23N3O3S. The first kappa shape index (κ1) is 17.4. The zero-order valence-corrected chi connectivity index (χ0v) is 13.5. The molecular weight excluding hydrogens is 290 g/mol. The van der Waals surface area contributed by atoms with Gasteiger partial charge in [0.15, 0.2) is 0 Å². The highest BCUT2D eigenvalue weighted by Gasteiger charge is 2.14. The minimum absolute atomic E-state index is 0.129. The van der Waals surface area contributed by atoms with E-state index in [4.69, 9.17) is 5.11 Å². The predicted octanol–water partition coefficient (Wildman–Crippen LogP) is 2.92. The van der Waals surface area contributed by atoms with Crippen LogP contribution in [0, 0.1) is 6.92 Å². The number of amides is 2. The van der Waals surface area contributed by atoms with Crippen LogP contribution in [0.3, 0.4) is 0 Å². The summed E-state index contributed by atoms with van der Waals surface area (Å²) < 4.78 is 0. The van der Waals surface area contributed by atoms with Gasteiger partial charge in [0.25, 0.3) is 0 Å². The maximum atomic E-state index is 11.7. The maximum absolute atomic E-state index is 11.7. The first-order valence-electron chi connectivity index (χ1n) is 7.18. The average molecular weight is 313 g/mol. The first-order valence-corrected chi connectivity index (χ1v) is 7.99. The van der Waals surface area contributed by atoms with Crippen LogP contribution in [-0.4, -0.2) is 28.1 Å². The number of carbonyl (C=O) groups excluding carboxylic acids is 1. The molecule has 0 saturated carbocycles. The zero-order chi connectivity index (χ0) is 15.8. The van der Waals surface area contributed by atoms with Gasteiger partial charge in [-0.3, -0.25) is 0 Å². The molecule has 1 atom stereocenters. The number of nitrogens with zero attached hydrogens (tertiary/aromatic N) is 1. The second kappa shape index (κ2) is 8.61. The van der Waals surface area contributed by atoms with Crippen LogP contribution >= 0.6 is 11.3 Å². The third-order valence-electron chi connectivity index (χ3n) is 3.05. The summed E-state index contributed by atoms with van der Waals surface area (Å²) in [5.74, 6) is -0.981. The van der Waals surface area contributed by atoms with E-state index in [1.807, 2.05) is 6.92 Å². The van der Waals surface area contributed by atoms with E-state index in [2.05, 4.69) is 22.5 Å². The van der Waals surface area contributed by atoms with Crippen molar-refractivity contribution in [2.75, 3.05) is 0 Å². The second-order valence-corrected chi connectivity index (χ2v) is 6.13. The smallest absolute Gasteiger partial charge is 0.347 e. The molecule has 0 spiro atoms. The van der Waals surface area contributed by atoms with Gasteiger partial charge in [0.2, 0.25) is 0 Å². The van der Waals surface area contributed by atoms with Gasteiger partial charge in [0.1, 0.15) is 9.88 Å². The monoisotopic (exact) mass is 313 g/mol. The van der Waals surface area contributed by atoms with Crippen molar-refractivity contribution >= 4 is 23.3 Å². The number of carboxylic acid groups (broad SMARTS) is 1. The van der Waals surface area contributed by atoms with E-state index in [1.54, 1.807) is 6.92 Å². The Bertz CT molecular complexity index is 488. The van der Waals surface area contributed by atoms with Gasteiger partial charge in [-0.1, -0.05) is 26.2 Å². The highest BCUT2D eigenvalue weighted by Crippen LogP contribution is 2.17. The number of aromatic carboxylic acids is 1. The number of unbranched alkanes of at least 4 members (excludes halogenated alkanes) is 2. The fourth-order valence-corrected chi connectivity index (χ4v) is 2.77. The molecule has 1 rings (SSSR count). The Labute approximate surface area is 129 Å². The lowest BCUT2D eigenvalue weighted by Crippen LogP contribution is -2.40. The molecule has 21 heavy (non-hydrogen) atoms. The van der Waals surface area contributed by atoms with Crippen molar-refractivity contribution in [1.29, 1.82) is 0 Å². The molecule has 0 aliphatic carbocycles. The molecule has 7 heteroatoms. The number of aromatic nitrogens is 1. The van der Waals surface area contributed by atoms with Gasteiger partial charge in [-0.15, -0.1) is 11.3 Å². The van der Waals surface area contributed by atoms with E-state index in [0.29, 0.717) is 10.7 Å². The lowest BCUT2D eigenvalue weighted by molar-refractivity contribution is 0.0701. The fourth-order valence-electron chi connectivity index (χ4n) is 1.93. The number of rotatable bonds is 8. The van der Waals surface area contributed by atoms with Crippen molar-refractivity contribution in [1.82, 2.24) is 15.6 Å². The van der Waals surface area contributed by atoms with Gasteiger partial charge in [0, 0.05) is 6.04 Å². The minimum Gasteiger partial charge on any atom is -0.477 e. The van der Waals surface area contributed by atoms with Crippen LogP contribution in [0.2, 0.25) is 0 Å². The van der Waals surface area contributed by atoms with E-state index in [0.717, 1.165) is 30.6 Å². The molecule has 1 aromatic heterocycles. The summed E-state index contributed by atoms with van der Waals surface area (Å²) in [6.45, 7) is 6.02. The Morgan fingerprint density at radius 2 is 2.10 bits per heavy atom. The summed E-state index contributed by atoms with van der Waals surface area (Å²) >= 11 is 1.09. The van der Waals surface area contributed by atoms with Crippen LogP contribution in [0.1, 0.15) is 59.9 Å². The molecule has 1 aromatic rings. The molecule has 0 aliphatic heterocycles. The van der Waals surface area contributed by atoms with E-state index < -0.39 is 5.97 Å². The van der Waals surface area contributed by atoms with Crippen molar-refractivity contribution in [3.8, 4) is 0 Å². The Hall–Kier alpha value is -1.63. The van der Waals surface area contributed by atoms with Crippen LogP contribution in [0.4, 0.5) is 4.79 Å². The lowest BCUT2D eigenvalue weighted by Gasteiger charge is -2.13. The van der Waals surface area contributed by atoms with Gasteiger partial charge >= 0.3 is 12.0 Å². The van der Waals surface area contributed by atoms with Gasteiger partial charge in [0.05, 0.1) is 12.2 Å². The average Bonchev–Trinajstić information content (AvgIpc) is 2.78. The van der Waals surface area contributed by atoms with Crippen LogP contribution in [0.5, 0.6) is 0 Å². The summed E-state index contributed by atoms with van der Waals surface area (Å²) in [5.41, 5.74) is 0.484. The summed E-state index contributed by atoms with van der Waals surface area (Å²) in [4.78, 5) is 27.0. The number of nitrogens with one attached hydrogen (secondary N) is 2. The maximum Gasteiger partial charge on any atom is 0.347 e. The van der Waals surface area contributed by atoms with E-state index in [1.165, 1.54) is 6.42 Å².